The molecule has 0 aliphatic rings. The maximum atomic E-state index is 12.5. The van der Waals surface area contributed by atoms with Crippen molar-refractivity contribution in [3.8, 4) is 22.8 Å². The molecule has 4 rings (SSSR count). The smallest absolute Gasteiger partial charge is 0.295 e. The topological polar surface area (TPSA) is 106 Å². The number of aromatic nitrogens is 5. The summed E-state index contributed by atoms with van der Waals surface area (Å²) in [7, 11) is 0. The molecule has 0 aliphatic carbocycles. The first-order chi connectivity index (χ1) is 14.0. The molecule has 4 aromatic rings. The van der Waals surface area contributed by atoms with Crippen LogP contribution in [0.4, 0.5) is 5.69 Å². The van der Waals surface area contributed by atoms with E-state index in [0.29, 0.717) is 33.6 Å². The van der Waals surface area contributed by atoms with Gasteiger partial charge in [-0.05, 0) is 31.2 Å². The molecule has 0 unspecified atom stereocenters. The molecule has 1 amide bonds. The maximum Gasteiger partial charge on any atom is 0.295 e. The fraction of sp³-hybridized carbons (Fsp3) is 0.0500. The van der Waals surface area contributed by atoms with Gasteiger partial charge in [0.25, 0.3) is 5.91 Å². The Morgan fingerprint density at radius 2 is 1.86 bits per heavy atom. The molecule has 2 heterocycles. The number of rotatable bonds is 4. The first-order valence-corrected chi connectivity index (χ1v) is 9.00. The van der Waals surface area contributed by atoms with Crippen molar-refractivity contribution in [3.05, 3.63) is 77.6 Å². The molecular weight excluding hydrogens is 392 g/mol. The molecule has 0 spiro atoms. The third kappa shape index (κ3) is 3.92. The highest BCUT2D eigenvalue weighted by Crippen LogP contribution is 2.21. The number of aromatic hydroxyl groups is 1. The van der Waals surface area contributed by atoms with Crippen molar-refractivity contribution in [1.82, 2.24) is 24.7 Å². The van der Waals surface area contributed by atoms with Crippen molar-refractivity contribution >= 4 is 23.2 Å². The van der Waals surface area contributed by atoms with Gasteiger partial charge in [0.05, 0.1) is 28.8 Å². The number of carbonyl (C=O) groups excluding carboxylic acids is 1. The van der Waals surface area contributed by atoms with Crippen molar-refractivity contribution < 1.29 is 9.90 Å². The molecule has 2 aromatic heterocycles. The van der Waals surface area contributed by atoms with Crippen LogP contribution in [0.15, 0.2) is 60.9 Å². The Balaban J connectivity index is 1.53. The number of nitrogens with one attached hydrogen (secondary N) is 1. The minimum absolute atomic E-state index is 0.000483. The molecule has 8 nitrogen and oxygen atoms in total. The Hall–Kier alpha value is -3.78. The Bertz CT molecular complexity index is 1190. The summed E-state index contributed by atoms with van der Waals surface area (Å²) >= 11 is 6.20. The fourth-order valence-electron chi connectivity index (χ4n) is 2.71. The predicted octanol–water partition coefficient (Wildman–Crippen LogP) is 3.64. The second kappa shape index (κ2) is 7.69. The first kappa shape index (κ1) is 18.6. The molecule has 0 fully saturated rings. The van der Waals surface area contributed by atoms with Gasteiger partial charge in [-0.25, -0.2) is 19.6 Å². The summed E-state index contributed by atoms with van der Waals surface area (Å²) in [5, 5.41) is 17.0. The molecule has 0 bridgehead atoms. The van der Waals surface area contributed by atoms with Gasteiger partial charge >= 0.3 is 0 Å². The van der Waals surface area contributed by atoms with Gasteiger partial charge in [0.1, 0.15) is 11.6 Å². The minimum atomic E-state index is -0.493. The van der Waals surface area contributed by atoms with Crippen molar-refractivity contribution in [2.75, 3.05) is 5.32 Å². The summed E-state index contributed by atoms with van der Waals surface area (Å²) in [6.07, 6.45) is 2.95. The number of hydrogen-bond donors (Lipinski definition) is 2. The quantitative estimate of drug-likeness (QED) is 0.536. The summed E-state index contributed by atoms with van der Waals surface area (Å²) in [6.45, 7) is 1.74. The van der Waals surface area contributed by atoms with E-state index in [1.54, 1.807) is 43.3 Å². The summed E-state index contributed by atoms with van der Waals surface area (Å²) in [4.78, 5) is 25.2. The molecule has 144 valence electrons. The molecule has 29 heavy (non-hydrogen) atoms. The lowest BCUT2D eigenvalue weighted by Gasteiger charge is -2.05. The number of anilines is 1. The Kier molecular flexibility index (Phi) is 4.92. The Morgan fingerprint density at radius 3 is 2.59 bits per heavy atom. The Labute approximate surface area is 170 Å². The SMILES string of the molecule is Cc1nc(C(=O)Nc2cnc(-c3cccc(O)c3)nc2)nn1-c1ccccc1Cl. The number of nitrogens with zero attached hydrogens (tertiary/aromatic N) is 5. The minimum Gasteiger partial charge on any atom is -0.508 e. The number of phenols is 1. The van der Waals surface area contributed by atoms with Gasteiger partial charge in [0, 0.05) is 5.56 Å². The molecule has 0 saturated heterocycles. The van der Waals surface area contributed by atoms with E-state index < -0.39 is 5.91 Å². The fourth-order valence-corrected chi connectivity index (χ4v) is 2.93. The van der Waals surface area contributed by atoms with Crippen LogP contribution in [0.5, 0.6) is 5.75 Å². The van der Waals surface area contributed by atoms with E-state index in [1.807, 2.05) is 12.1 Å². The summed E-state index contributed by atoms with van der Waals surface area (Å²) < 4.78 is 1.51. The van der Waals surface area contributed by atoms with E-state index in [2.05, 4.69) is 25.4 Å². The molecule has 2 N–H and O–H groups in total. The molecule has 2 aromatic carbocycles. The molecule has 0 aliphatic heterocycles. The summed E-state index contributed by atoms with van der Waals surface area (Å²) in [5.74, 6) is 0.584. The number of halogens is 1. The molecule has 0 radical (unpaired) electrons. The monoisotopic (exact) mass is 406 g/mol. The lowest BCUT2D eigenvalue weighted by molar-refractivity contribution is 0.101. The van der Waals surface area contributed by atoms with Crippen LogP contribution in [0.3, 0.4) is 0 Å². The van der Waals surface area contributed by atoms with Gasteiger partial charge < -0.3 is 10.4 Å². The van der Waals surface area contributed by atoms with E-state index in [-0.39, 0.29) is 11.6 Å². The molecule has 9 heteroatoms. The second-order valence-corrected chi connectivity index (χ2v) is 6.55. The number of para-hydroxylation sites is 1. The molecule has 0 atom stereocenters. The van der Waals surface area contributed by atoms with Crippen molar-refractivity contribution in [2.24, 2.45) is 0 Å². The van der Waals surface area contributed by atoms with Gasteiger partial charge in [-0.1, -0.05) is 35.9 Å². The summed E-state index contributed by atoms with van der Waals surface area (Å²) in [6, 6.07) is 13.8. The number of benzene rings is 2. The average molecular weight is 407 g/mol. The highest BCUT2D eigenvalue weighted by Gasteiger charge is 2.17. The van der Waals surface area contributed by atoms with Crippen LogP contribution in [0.1, 0.15) is 16.4 Å². The lowest BCUT2D eigenvalue weighted by atomic mass is 10.2. The average Bonchev–Trinajstić information content (AvgIpc) is 3.10. The van der Waals surface area contributed by atoms with Gasteiger partial charge in [-0.3, -0.25) is 4.79 Å². The maximum absolute atomic E-state index is 12.5. The van der Waals surface area contributed by atoms with E-state index in [9.17, 15) is 9.90 Å². The second-order valence-electron chi connectivity index (χ2n) is 6.15. The van der Waals surface area contributed by atoms with E-state index in [0.717, 1.165) is 0 Å². The highest BCUT2D eigenvalue weighted by atomic mass is 35.5. The number of carbonyl (C=O) groups is 1. The van der Waals surface area contributed by atoms with Crippen molar-refractivity contribution in [3.63, 3.8) is 0 Å². The van der Waals surface area contributed by atoms with Crippen molar-refractivity contribution in [1.29, 1.82) is 0 Å². The van der Waals surface area contributed by atoms with Crippen LogP contribution in [0.2, 0.25) is 5.02 Å². The van der Waals surface area contributed by atoms with Crippen LogP contribution in [0.25, 0.3) is 17.1 Å². The van der Waals surface area contributed by atoms with Crippen molar-refractivity contribution in [2.45, 2.75) is 6.92 Å². The normalized spacial score (nSPS) is 10.7. The third-order valence-corrected chi connectivity index (χ3v) is 4.39. The zero-order valence-corrected chi connectivity index (χ0v) is 16.0. The van der Waals surface area contributed by atoms with E-state index in [4.69, 9.17) is 11.6 Å². The third-order valence-electron chi connectivity index (χ3n) is 4.07. The van der Waals surface area contributed by atoms with E-state index >= 15 is 0 Å². The van der Waals surface area contributed by atoms with Crippen LogP contribution < -0.4 is 5.32 Å². The number of hydrogen-bond acceptors (Lipinski definition) is 6. The number of amides is 1. The van der Waals surface area contributed by atoms with Gasteiger partial charge in [-0.2, -0.15) is 0 Å². The predicted molar refractivity (Wildman–Crippen MR) is 108 cm³/mol. The zero-order valence-electron chi connectivity index (χ0n) is 15.2. The lowest BCUT2D eigenvalue weighted by Crippen LogP contribution is -2.14. The van der Waals surface area contributed by atoms with E-state index in [1.165, 1.54) is 17.1 Å². The van der Waals surface area contributed by atoms with Crippen LogP contribution >= 0.6 is 11.6 Å². The summed E-state index contributed by atoms with van der Waals surface area (Å²) in [5.41, 5.74) is 1.70. The number of phenolic OH excluding ortho intramolecular Hbond substituents is 1. The molecular formula is C20H15ClN6O2. The van der Waals surface area contributed by atoms with Crippen LogP contribution in [-0.4, -0.2) is 35.7 Å². The largest absolute Gasteiger partial charge is 0.508 e. The molecule has 0 saturated carbocycles. The Morgan fingerprint density at radius 1 is 1.10 bits per heavy atom. The van der Waals surface area contributed by atoms with Crippen LogP contribution in [-0.2, 0) is 0 Å². The van der Waals surface area contributed by atoms with Gasteiger partial charge in [0.15, 0.2) is 5.82 Å². The highest BCUT2D eigenvalue weighted by molar-refractivity contribution is 6.32. The zero-order chi connectivity index (χ0) is 20.4. The van der Waals surface area contributed by atoms with Gasteiger partial charge in [0.2, 0.25) is 5.82 Å². The number of aryl methyl sites for hydroxylation is 1. The van der Waals surface area contributed by atoms with Crippen LogP contribution in [0, 0.1) is 6.92 Å². The first-order valence-electron chi connectivity index (χ1n) is 8.62. The standard InChI is InChI=1S/C20H15ClN6O2/c1-12-24-19(26-27(12)17-8-3-2-7-16(17)21)20(29)25-14-10-22-18(23-11-14)13-5-4-6-15(28)9-13/h2-11,28H,1H3,(H,25,29). The van der Waals surface area contributed by atoms with Gasteiger partial charge in [-0.15, -0.1) is 5.10 Å².